The van der Waals surface area contributed by atoms with Gasteiger partial charge in [0.1, 0.15) is 5.52 Å². The number of benzene rings is 1. The predicted molar refractivity (Wildman–Crippen MR) is 128 cm³/mol. The van der Waals surface area contributed by atoms with E-state index in [0.29, 0.717) is 50.9 Å². The minimum Gasteiger partial charge on any atom is -0.399 e. The number of piperazine rings is 1. The van der Waals surface area contributed by atoms with Crippen molar-refractivity contribution in [2.75, 3.05) is 69.4 Å². The highest BCUT2D eigenvalue weighted by Crippen LogP contribution is 2.27. The summed E-state index contributed by atoms with van der Waals surface area (Å²) < 4.78 is 32.6. The second-order valence-electron chi connectivity index (χ2n) is 8.60. The molecule has 0 saturated carbocycles. The van der Waals surface area contributed by atoms with E-state index in [4.69, 9.17) is 20.6 Å². The van der Waals surface area contributed by atoms with Crippen LogP contribution in [0.2, 0.25) is 0 Å². The molecule has 33 heavy (non-hydrogen) atoms. The molecule has 2 saturated heterocycles. The number of sulfonamides is 1. The highest BCUT2D eigenvalue weighted by atomic mass is 32.2. The number of rotatable bonds is 5. The lowest BCUT2D eigenvalue weighted by molar-refractivity contribution is 0.122. The van der Waals surface area contributed by atoms with E-state index in [1.807, 2.05) is 35.0 Å². The van der Waals surface area contributed by atoms with E-state index < -0.39 is 10.0 Å². The van der Waals surface area contributed by atoms with Gasteiger partial charge in [0.15, 0.2) is 11.6 Å². The van der Waals surface area contributed by atoms with Gasteiger partial charge >= 0.3 is 0 Å². The quantitative estimate of drug-likeness (QED) is 0.547. The van der Waals surface area contributed by atoms with E-state index >= 15 is 0 Å². The van der Waals surface area contributed by atoms with Crippen molar-refractivity contribution in [2.45, 2.75) is 6.54 Å². The van der Waals surface area contributed by atoms with Crippen molar-refractivity contribution in [1.29, 1.82) is 0 Å². The van der Waals surface area contributed by atoms with E-state index in [0.717, 1.165) is 42.1 Å². The van der Waals surface area contributed by atoms with Gasteiger partial charge < -0.3 is 15.4 Å². The lowest BCUT2D eigenvalue weighted by atomic mass is 10.2. The molecule has 0 aliphatic carbocycles. The molecule has 0 bridgehead atoms. The standard InChI is InChI=1S/C22H29N7O3S/c1-33(30,31)28-8-6-26(7-9-28)15-17-14-20-22(27-10-12-32-13-11-27)24-21(25-29(20)16-17)18-2-4-19(23)5-3-18/h2-5,14,16H,6-13,15,23H2,1H3. The third-order valence-electron chi connectivity index (χ3n) is 6.19. The zero-order valence-corrected chi connectivity index (χ0v) is 19.5. The third kappa shape index (κ3) is 4.81. The predicted octanol–water partition coefficient (Wildman–Crippen LogP) is 0.892. The van der Waals surface area contributed by atoms with Crippen LogP contribution in [0.3, 0.4) is 0 Å². The maximum absolute atomic E-state index is 11.8. The molecule has 176 valence electrons. The minimum absolute atomic E-state index is 0.520. The van der Waals surface area contributed by atoms with Gasteiger partial charge in [-0.3, -0.25) is 4.90 Å². The first-order valence-corrected chi connectivity index (χ1v) is 13.0. The number of hydrogen-bond donors (Lipinski definition) is 1. The molecule has 1 aromatic carbocycles. The zero-order chi connectivity index (χ0) is 23.0. The second kappa shape index (κ2) is 8.90. The van der Waals surface area contributed by atoms with Gasteiger partial charge in [0.2, 0.25) is 10.0 Å². The van der Waals surface area contributed by atoms with Crippen LogP contribution in [-0.2, 0) is 21.3 Å². The van der Waals surface area contributed by atoms with Crippen LogP contribution in [0, 0.1) is 0 Å². The van der Waals surface area contributed by atoms with Crippen LogP contribution < -0.4 is 10.6 Å². The first kappa shape index (κ1) is 22.1. The molecule has 0 unspecified atom stereocenters. The highest BCUT2D eigenvalue weighted by Gasteiger charge is 2.24. The maximum atomic E-state index is 11.8. The van der Waals surface area contributed by atoms with Crippen molar-refractivity contribution in [2.24, 2.45) is 0 Å². The summed E-state index contributed by atoms with van der Waals surface area (Å²) in [7, 11) is -3.13. The number of fused-ring (bicyclic) bond motifs is 1. The van der Waals surface area contributed by atoms with Gasteiger partial charge in [0.25, 0.3) is 0 Å². The molecule has 11 heteroatoms. The Morgan fingerprint density at radius 2 is 1.73 bits per heavy atom. The SMILES string of the molecule is CS(=O)(=O)N1CCN(Cc2cc3c(N4CCOCC4)nc(-c4ccc(N)cc4)nn3c2)CC1. The van der Waals surface area contributed by atoms with Crippen LogP contribution in [0.1, 0.15) is 5.56 Å². The third-order valence-corrected chi connectivity index (χ3v) is 7.49. The molecule has 3 aromatic rings. The van der Waals surface area contributed by atoms with Gasteiger partial charge in [-0.15, -0.1) is 5.10 Å². The molecule has 0 spiro atoms. The maximum Gasteiger partial charge on any atom is 0.211 e. The Balaban J connectivity index is 1.45. The lowest BCUT2D eigenvalue weighted by Crippen LogP contribution is -2.47. The Labute approximate surface area is 193 Å². The number of hydrogen-bond acceptors (Lipinski definition) is 8. The monoisotopic (exact) mass is 471 g/mol. The molecule has 5 rings (SSSR count). The van der Waals surface area contributed by atoms with Gasteiger partial charge in [-0.25, -0.2) is 17.9 Å². The van der Waals surface area contributed by atoms with Crippen molar-refractivity contribution in [3.8, 4) is 11.4 Å². The summed E-state index contributed by atoms with van der Waals surface area (Å²) in [5, 5.41) is 4.79. The Hall–Kier alpha value is -2.73. The molecular weight excluding hydrogens is 442 g/mol. The van der Waals surface area contributed by atoms with Crippen LogP contribution in [-0.4, -0.2) is 91.0 Å². The van der Waals surface area contributed by atoms with Gasteiger partial charge in [-0.1, -0.05) is 0 Å². The van der Waals surface area contributed by atoms with Gasteiger partial charge in [-0.2, -0.15) is 4.31 Å². The number of ether oxygens (including phenoxy) is 1. The summed E-state index contributed by atoms with van der Waals surface area (Å²) >= 11 is 0. The number of nitrogen functional groups attached to an aromatic ring is 1. The summed E-state index contributed by atoms with van der Waals surface area (Å²) in [6.07, 6.45) is 3.32. The molecular formula is C22H29N7O3S. The molecule has 0 amide bonds. The fraction of sp³-hybridized carbons (Fsp3) is 0.455. The largest absolute Gasteiger partial charge is 0.399 e. The Bertz CT molecular complexity index is 1230. The van der Waals surface area contributed by atoms with E-state index in [-0.39, 0.29) is 0 Å². The molecule has 2 aliphatic heterocycles. The summed E-state index contributed by atoms with van der Waals surface area (Å²) in [6, 6.07) is 9.72. The van der Waals surface area contributed by atoms with E-state index in [1.54, 1.807) is 4.31 Å². The molecule has 4 heterocycles. The average molecular weight is 472 g/mol. The molecule has 2 aromatic heterocycles. The van der Waals surface area contributed by atoms with Crippen molar-refractivity contribution < 1.29 is 13.2 Å². The topological polar surface area (TPSA) is 109 Å². The summed E-state index contributed by atoms with van der Waals surface area (Å²) in [5.74, 6) is 1.54. The second-order valence-corrected chi connectivity index (χ2v) is 10.6. The smallest absolute Gasteiger partial charge is 0.211 e. The molecule has 2 N–H and O–H groups in total. The fourth-order valence-electron chi connectivity index (χ4n) is 4.36. The van der Waals surface area contributed by atoms with Crippen LogP contribution in [0.5, 0.6) is 0 Å². The zero-order valence-electron chi connectivity index (χ0n) is 18.7. The number of anilines is 2. The molecule has 2 fully saturated rings. The van der Waals surface area contributed by atoms with Crippen LogP contribution in [0.15, 0.2) is 36.5 Å². The van der Waals surface area contributed by atoms with Crippen molar-refractivity contribution in [3.05, 3.63) is 42.1 Å². The highest BCUT2D eigenvalue weighted by molar-refractivity contribution is 7.88. The molecule has 0 radical (unpaired) electrons. The van der Waals surface area contributed by atoms with Crippen molar-refractivity contribution in [3.63, 3.8) is 0 Å². The molecule has 10 nitrogen and oxygen atoms in total. The number of morpholine rings is 1. The van der Waals surface area contributed by atoms with Gasteiger partial charge in [0.05, 0.1) is 19.5 Å². The van der Waals surface area contributed by atoms with E-state index in [1.165, 1.54) is 6.26 Å². The molecule has 2 aliphatic rings. The van der Waals surface area contributed by atoms with Crippen LogP contribution >= 0.6 is 0 Å². The summed E-state index contributed by atoms with van der Waals surface area (Å²) in [5.41, 5.74) is 9.55. The fourth-order valence-corrected chi connectivity index (χ4v) is 5.19. The Kier molecular flexibility index (Phi) is 5.95. The van der Waals surface area contributed by atoms with Crippen molar-refractivity contribution >= 4 is 27.0 Å². The lowest BCUT2D eigenvalue weighted by Gasteiger charge is -2.32. The normalized spacial score (nSPS) is 18.8. The summed E-state index contributed by atoms with van der Waals surface area (Å²) in [6.45, 7) is 6.09. The first-order chi connectivity index (χ1) is 15.9. The number of nitrogens with zero attached hydrogens (tertiary/aromatic N) is 6. The molecule has 0 atom stereocenters. The van der Waals surface area contributed by atoms with E-state index in [2.05, 4.69) is 15.9 Å². The van der Waals surface area contributed by atoms with E-state index in [9.17, 15) is 8.42 Å². The Morgan fingerprint density at radius 1 is 1.03 bits per heavy atom. The number of aromatic nitrogens is 3. The Morgan fingerprint density at radius 3 is 2.39 bits per heavy atom. The van der Waals surface area contributed by atoms with Crippen LogP contribution in [0.25, 0.3) is 16.9 Å². The first-order valence-electron chi connectivity index (χ1n) is 11.1. The summed E-state index contributed by atoms with van der Waals surface area (Å²) in [4.78, 5) is 9.46. The van der Waals surface area contributed by atoms with Gasteiger partial charge in [0, 0.05) is 63.3 Å². The number of nitrogens with two attached hydrogens (primary N) is 1. The minimum atomic E-state index is -3.13. The van der Waals surface area contributed by atoms with Crippen LogP contribution in [0.4, 0.5) is 11.5 Å². The average Bonchev–Trinajstić information content (AvgIpc) is 3.21. The van der Waals surface area contributed by atoms with Gasteiger partial charge in [-0.05, 0) is 35.9 Å². The van der Waals surface area contributed by atoms with Crippen molar-refractivity contribution in [1.82, 2.24) is 23.8 Å².